The first kappa shape index (κ1) is 15.5. The summed E-state index contributed by atoms with van der Waals surface area (Å²) >= 11 is 0. The number of carbonyl (C=O) groups excluding carboxylic acids is 1. The molecule has 3 heteroatoms. The molecule has 0 saturated heterocycles. The van der Waals surface area contributed by atoms with Gasteiger partial charge in [-0.05, 0) is 43.9 Å². The summed E-state index contributed by atoms with van der Waals surface area (Å²) in [5.41, 5.74) is 1.85. The molecule has 0 saturated carbocycles. The maximum atomic E-state index is 13.2. The van der Waals surface area contributed by atoms with E-state index < -0.39 is 0 Å². The number of carbonyl (C=O) groups is 1. The van der Waals surface area contributed by atoms with Crippen LogP contribution in [-0.4, -0.2) is 12.6 Å². The van der Waals surface area contributed by atoms with Crippen LogP contribution in [0.15, 0.2) is 72.9 Å². The molecule has 118 valence electrons. The zero-order chi connectivity index (χ0) is 16.0. The highest BCUT2D eigenvalue weighted by atomic mass is 16.2. The zero-order valence-corrected chi connectivity index (χ0v) is 13.3. The van der Waals surface area contributed by atoms with Gasteiger partial charge in [0.1, 0.15) is 11.9 Å². The monoisotopic (exact) mass is 307 g/mol. The molecule has 1 atom stereocenters. The van der Waals surface area contributed by atoms with E-state index in [0.717, 1.165) is 37.2 Å². The van der Waals surface area contributed by atoms with Crippen molar-refractivity contribution in [1.29, 1.82) is 0 Å². The van der Waals surface area contributed by atoms with E-state index in [2.05, 4.69) is 17.6 Å². The Morgan fingerprint density at radius 2 is 1.57 bits per heavy atom. The van der Waals surface area contributed by atoms with Gasteiger partial charge in [0.05, 0.1) is 6.54 Å². The van der Waals surface area contributed by atoms with Crippen LogP contribution in [0.1, 0.15) is 25.7 Å². The number of urea groups is 1. The van der Waals surface area contributed by atoms with E-state index in [0.29, 0.717) is 0 Å². The van der Waals surface area contributed by atoms with Gasteiger partial charge in [-0.2, -0.15) is 4.48 Å². The molecule has 0 spiro atoms. The summed E-state index contributed by atoms with van der Waals surface area (Å²) < 4.78 is 0.232. The quantitative estimate of drug-likeness (QED) is 0.748. The number of allylic oxidation sites excluding steroid dienone is 1. The first-order valence-electron chi connectivity index (χ1n) is 8.29. The van der Waals surface area contributed by atoms with Crippen molar-refractivity contribution in [2.24, 2.45) is 0 Å². The maximum absolute atomic E-state index is 13.2. The average Bonchev–Trinajstić information content (AvgIpc) is 2.57. The van der Waals surface area contributed by atoms with Crippen LogP contribution in [-0.2, 0) is 0 Å². The Bertz CT molecular complexity index is 667. The zero-order valence-electron chi connectivity index (χ0n) is 13.3. The lowest BCUT2D eigenvalue weighted by Gasteiger charge is -2.32. The van der Waals surface area contributed by atoms with E-state index in [1.807, 2.05) is 60.7 Å². The second kappa shape index (κ2) is 7.25. The Morgan fingerprint density at radius 3 is 2.30 bits per heavy atom. The molecular formula is C20H23N2O+. The van der Waals surface area contributed by atoms with E-state index in [1.54, 1.807) is 0 Å². The molecule has 0 radical (unpaired) electrons. The van der Waals surface area contributed by atoms with Gasteiger partial charge >= 0.3 is 6.03 Å². The number of anilines is 1. The lowest BCUT2D eigenvalue weighted by Crippen LogP contribution is -2.52. The highest BCUT2D eigenvalue weighted by molar-refractivity contribution is 5.98. The first-order valence-corrected chi connectivity index (χ1v) is 8.29. The Kier molecular flexibility index (Phi) is 4.89. The van der Waals surface area contributed by atoms with Gasteiger partial charge < -0.3 is 0 Å². The highest BCUT2D eigenvalue weighted by Gasteiger charge is 2.37. The summed E-state index contributed by atoms with van der Waals surface area (Å²) in [6.07, 6.45) is 8.65. The molecule has 1 heterocycles. The summed E-state index contributed by atoms with van der Waals surface area (Å²) in [6, 6.07) is 19.7. The van der Waals surface area contributed by atoms with E-state index in [4.69, 9.17) is 0 Å². The lowest BCUT2D eigenvalue weighted by atomic mass is 10.1. The van der Waals surface area contributed by atoms with Crippen molar-refractivity contribution in [1.82, 2.24) is 4.48 Å². The van der Waals surface area contributed by atoms with Crippen molar-refractivity contribution in [3.63, 3.8) is 0 Å². The van der Waals surface area contributed by atoms with Crippen molar-refractivity contribution >= 4 is 17.4 Å². The third-order valence-corrected chi connectivity index (χ3v) is 4.35. The third kappa shape index (κ3) is 3.51. The van der Waals surface area contributed by atoms with Crippen LogP contribution in [0, 0.1) is 0 Å². The van der Waals surface area contributed by atoms with Crippen molar-refractivity contribution < 1.29 is 4.79 Å². The van der Waals surface area contributed by atoms with Gasteiger partial charge in [-0.25, -0.2) is 4.79 Å². The van der Waals surface area contributed by atoms with Crippen molar-refractivity contribution in [3.05, 3.63) is 72.9 Å². The van der Waals surface area contributed by atoms with Crippen molar-refractivity contribution in [2.45, 2.75) is 25.7 Å². The predicted octanol–water partition coefficient (Wildman–Crippen LogP) is 5.31. The molecule has 0 bridgehead atoms. The largest absolute Gasteiger partial charge is 0.430 e. The minimum absolute atomic E-state index is 0.000509. The smallest absolute Gasteiger partial charge is 0.275 e. The van der Waals surface area contributed by atoms with Crippen LogP contribution < -0.4 is 9.80 Å². The number of hydrogen-bond donors (Lipinski definition) is 1. The third-order valence-electron chi connectivity index (χ3n) is 4.35. The molecule has 1 aliphatic rings. The van der Waals surface area contributed by atoms with E-state index in [-0.39, 0.29) is 10.5 Å². The van der Waals surface area contributed by atoms with Crippen LogP contribution >= 0.6 is 0 Å². The van der Waals surface area contributed by atoms with Crippen LogP contribution in [0.5, 0.6) is 0 Å². The molecule has 1 aliphatic heterocycles. The number of nitrogens with zero attached hydrogens (tertiary/aromatic N) is 1. The Hall–Kier alpha value is -2.39. The molecule has 1 N–H and O–H groups in total. The number of nitrogens with one attached hydrogen (secondary N) is 1. The van der Waals surface area contributed by atoms with Gasteiger partial charge in [0.25, 0.3) is 0 Å². The SMILES string of the molecule is O=C(Nc1ccccc1)[N+]1(c2ccccc2)C=CCCCCC1. The number of rotatable bonds is 2. The molecular weight excluding hydrogens is 284 g/mol. The first-order chi connectivity index (χ1) is 11.3. The van der Waals surface area contributed by atoms with Gasteiger partial charge in [0.15, 0.2) is 0 Å². The Labute approximate surface area is 137 Å². The Morgan fingerprint density at radius 1 is 0.870 bits per heavy atom. The minimum Gasteiger partial charge on any atom is -0.275 e. The molecule has 3 rings (SSSR count). The number of benzene rings is 2. The van der Waals surface area contributed by atoms with Crippen LogP contribution in [0.4, 0.5) is 16.2 Å². The molecule has 1 unspecified atom stereocenters. The molecule has 0 aliphatic carbocycles. The van der Waals surface area contributed by atoms with Gasteiger partial charge in [-0.15, -0.1) is 0 Å². The normalized spacial score (nSPS) is 21.2. The molecule has 3 nitrogen and oxygen atoms in total. The standard InChI is InChI=1S/C20H22N2O/c23-20(21-18-12-6-4-7-13-18)22(19-14-8-5-9-15-19)16-10-2-1-3-11-17-22/h4-10,12-16H,1-3,11,17H2/p+1. The Balaban J connectivity index is 1.97. The summed E-state index contributed by atoms with van der Waals surface area (Å²) in [6.45, 7) is 0.791. The molecule has 23 heavy (non-hydrogen) atoms. The second-order valence-electron chi connectivity index (χ2n) is 5.96. The summed E-state index contributed by atoms with van der Waals surface area (Å²) in [4.78, 5) is 13.2. The van der Waals surface area contributed by atoms with Gasteiger partial charge in [0, 0.05) is 17.8 Å². The summed E-state index contributed by atoms with van der Waals surface area (Å²) in [5.74, 6) is 0. The molecule has 2 aromatic rings. The minimum atomic E-state index is 0.000509. The number of para-hydroxylation sites is 2. The van der Waals surface area contributed by atoms with Crippen molar-refractivity contribution in [3.8, 4) is 0 Å². The van der Waals surface area contributed by atoms with E-state index in [9.17, 15) is 4.79 Å². The lowest BCUT2D eigenvalue weighted by molar-refractivity contribution is 0.227. The highest BCUT2D eigenvalue weighted by Crippen LogP contribution is 2.28. The number of hydrogen-bond acceptors (Lipinski definition) is 1. The van der Waals surface area contributed by atoms with Crippen LogP contribution in [0.25, 0.3) is 0 Å². The van der Waals surface area contributed by atoms with Crippen LogP contribution in [0.2, 0.25) is 0 Å². The number of amides is 2. The van der Waals surface area contributed by atoms with Gasteiger partial charge in [-0.1, -0.05) is 36.4 Å². The van der Waals surface area contributed by atoms with E-state index >= 15 is 0 Å². The van der Waals surface area contributed by atoms with Crippen LogP contribution in [0.3, 0.4) is 0 Å². The fourth-order valence-corrected chi connectivity index (χ4v) is 3.07. The molecule has 0 fully saturated rings. The maximum Gasteiger partial charge on any atom is 0.430 e. The fraction of sp³-hybridized carbons (Fsp3) is 0.250. The second-order valence-corrected chi connectivity index (χ2v) is 5.96. The predicted molar refractivity (Wildman–Crippen MR) is 96.2 cm³/mol. The topological polar surface area (TPSA) is 29.1 Å². The van der Waals surface area contributed by atoms with Gasteiger partial charge in [0.2, 0.25) is 0 Å². The average molecular weight is 307 g/mol. The number of quaternary nitrogens is 1. The summed E-state index contributed by atoms with van der Waals surface area (Å²) in [5, 5.41) is 3.08. The summed E-state index contributed by atoms with van der Waals surface area (Å²) in [7, 11) is 0. The van der Waals surface area contributed by atoms with Gasteiger partial charge in [-0.3, -0.25) is 5.32 Å². The van der Waals surface area contributed by atoms with Crippen molar-refractivity contribution in [2.75, 3.05) is 11.9 Å². The molecule has 0 aromatic heterocycles. The fourth-order valence-electron chi connectivity index (χ4n) is 3.07. The van der Waals surface area contributed by atoms with E-state index in [1.165, 1.54) is 6.42 Å². The molecule has 2 aromatic carbocycles. The molecule has 2 amide bonds.